The zero-order valence-corrected chi connectivity index (χ0v) is 33.5. The van der Waals surface area contributed by atoms with Crippen molar-refractivity contribution in [1.29, 1.82) is 0 Å². The molecule has 0 bridgehead atoms. The van der Waals surface area contributed by atoms with Gasteiger partial charge in [0.2, 0.25) is 5.91 Å². The highest BCUT2D eigenvalue weighted by molar-refractivity contribution is 6.23. The molecule has 0 spiro atoms. The third kappa shape index (κ3) is 7.40. The number of rotatable bonds is 10. The van der Waals surface area contributed by atoms with Crippen molar-refractivity contribution in [3.8, 4) is 17.1 Å². The van der Waals surface area contributed by atoms with Crippen LogP contribution in [0.4, 0.5) is 11.5 Å². The highest BCUT2D eigenvalue weighted by Gasteiger charge is 2.44. The number of piperazine rings is 1. The minimum absolute atomic E-state index is 0.0365. The molecule has 58 heavy (non-hydrogen) atoms. The summed E-state index contributed by atoms with van der Waals surface area (Å²) in [4.78, 5) is 59.5. The average Bonchev–Trinajstić information content (AvgIpc) is 3.73. The molecular weight excluding hydrogens is 733 g/mol. The summed E-state index contributed by atoms with van der Waals surface area (Å²) >= 11 is 0. The first-order valence-corrected chi connectivity index (χ1v) is 21.5. The number of ether oxygens (including phenoxy) is 1. The van der Waals surface area contributed by atoms with E-state index in [0.717, 1.165) is 150 Å². The highest BCUT2D eigenvalue weighted by Crippen LogP contribution is 2.41. The van der Waals surface area contributed by atoms with Crippen molar-refractivity contribution in [2.24, 2.45) is 11.8 Å². The van der Waals surface area contributed by atoms with E-state index in [1.807, 2.05) is 24.3 Å². The first-order valence-electron chi connectivity index (χ1n) is 21.5. The van der Waals surface area contributed by atoms with Crippen LogP contribution in [0, 0.1) is 11.8 Å². The number of carbonyl (C=O) groups excluding carboxylic acids is 3. The maximum absolute atomic E-state index is 13.4. The van der Waals surface area contributed by atoms with Crippen molar-refractivity contribution >= 4 is 40.1 Å². The number of fused-ring (bicyclic) bond motifs is 2. The second kappa shape index (κ2) is 15.3. The maximum Gasteiger partial charge on any atom is 0.262 e. The highest BCUT2D eigenvalue weighted by atomic mass is 16.5. The molecule has 14 nitrogen and oxygen atoms in total. The molecule has 6 aliphatic rings. The molecule has 304 valence electrons. The van der Waals surface area contributed by atoms with Gasteiger partial charge in [-0.1, -0.05) is 0 Å². The van der Waals surface area contributed by atoms with Crippen LogP contribution < -0.4 is 19.9 Å². The van der Waals surface area contributed by atoms with Crippen LogP contribution in [0.2, 0.25) is 0 Å². The number of nitrogens with one attached hydrogen (secondary N) is 2. The summed E-state index contributed by atoms with van der Waals surface area (Å²) < 4.78 is 6.23. The number of imide groups is 1. The number of aromatic nitrogens is 4. The predicted molar refractivity (Wildman–Crippen MR) is 221 cm³/mol. The number of benzene rings is 2. The van der Waals surface area contributed by atoms with Crippen LogP contribution in [0.3, 0.4) is 0 Å². The van der Waals surface area contributed by atoms with E-state index in [1.165, 1.54) is 4.90 Å². The van der Waals surface area contributed by atoms with Crippen molar-refractivity contribution in [3.05, 3.63) is 59.9 Å². The fourth-order valence-corrected chi connectivity index (χ4v) is 9.80. The minimum atomic E-state index is -0.715. The van der Waals surface area contributed by atoms with Crippen LogP contribution in [-0.2, 0) is 4.79 Å². The van der Waals surface area contributed by atoms with E-state index in [2.05, 4.69) is 64.1 Å². The lowest BCUT2D eigenvalue weighted by molar-refractivity contribution is -0.126. The van der Waals surface area contributed by atoms with E-state index in [-0.39, 0.29) is 23.3 Å². The van der Waals surface area contributed by atoms with Crippen LogP contribution in [0.5, 0.6) is 5.75 Å². The number of anilines is 2. The number of hydrogen-bond donors (Lipinski definition) is 2. The van der Waals surface area contributed by atoms with Gasteiger partial charge >= 0.3 is 0 Å². The first-order chi connectivity index (χ1) is 28.3. The Balaban J connectivity index is 0.667. The molecule has 0 radical (unpaired) electrons. The van der Waals surface area contributed by atoms with Gasteiger partial charge < -0.3 is 29.7 Å². The van der Waals surface area contributed by atoms with Crippen molar-refractivity contribution in [3.63, 3.8) is 0 Å². The second-order valence-electron chi connectivity index (χ2n) is 17.7. The third-order valence-corrected chi connectivity index (χ3v) is 13.6. The van der Waals surface area contributed by atoms with Gasteiger partial charge in [0.1, 0.15) is 35.2 Å². The Morgan fingerprint density at radius 3 is 2.14 bits per heavy atom. The normalized spacial score (nSPS) is 23.4. The molecule has 1 unspecified atom stereocenters. The fraction of sp³-hybridized carbons (Fsp3) is 0.545. The number of amides is 3. The molecule has 1 atom stereocenters. The molecule has 1 aliphatic carbocycles. The van der Waals surface area contributed by atoms with Crippen LogP contribution in [0.25, 0.3) is 22.3 Å². The number of nitrogens with zero attached hydrogens (tertiary/aromatic N) is 8. The molecule has 5 aliphatic heterocycles. The summed E-state index contributed by atoms with van der Waals surface area (Å²) in [6.07, 6.45) is 9.67. The SMILES string of the molecule is CC1(Oc2ccc3[nH]nc(-c4cc(N5CCC(CN6CCN(CC7CCN(c8ccc9c(c8)C(=O)N(C8CCCNC8=O)C9=O)CC7)CC6)CC5)ncn4)c3c2)CC1. The topological polar surface area (TPSA) is 143 Å². The molecule has 10 rings (SSSR count). The molecule has 7 heterocycles. The smallest absolute Gasteiger partial charge is 0.262 e. The molecule has 3 amide bonds. The van der Waals surface area contributed by atoms with Gasteiger partial charge in [-0.05, 0) is 107 Å². The number of carbonyl (C=O) groups is 3. The average molecular weight is 787 g/mol. The molecule has 2 N–H and O–H groups in total. The Hall–Kier alpha value is -5.08. The summed E-state index contributed by atoms with van der Waals surface area (Å²) in [5.74, 6) is 2.26. The molecule has 1 saturated carbocycles. The van der Waals surface area contributed by atoms with E-state index in [1.54, 1.807) is 12.4 Å². The molecular formula is C44H54N10O4. The zero-order valence-electron chi connectivity index (χ0n) is 33.5. The summed E-state index contributed by atoms with van der Waals surface area (Å²) in [6, 6.07) is 13.1. The molecule has 14 heteroatoms. The Kier molecular flexibility index (Phi) is 9.79. The molecule has 2 aromatic heterocycles. The fourth-order valence-electron chi connectivity index (χ4n) is 9.80. The van der Waals surface area contributed by atoms with E-state index in [0.29, 0.717) is 35.9 Å². The van der Waals surface area contributed by atoms with Gasteiger partial charge in [0.15, 0.2) is 0 Å². The van der Waals surface area contributed by atoms with Gasteiger partial charge in [0.25, 0.3) is 11.8 Å². The Morgan fingerprint density at radius 2 is 1.45 bits per heavy atom. The van der Waals surface area contributed by atoms with Crippen molar-refractivity contribution < 1.29 is 19.1 Å². The molecule has 4 aromatic rings. The quantitative estimate of drug-likeness (QED) is 0.218. The zero-order chi connectivity index (χ0) is 39.4. The lowest BCUT2D eigenvalue weighted by Gasteiger charge is -2.41. The number of H-pyrrole nitrogens is 1. The summed E-state index contributed by atoms with van der Waals surface area (Å²) in [5.41, 5.74) is 4.41. The number of hydrogen-bond acceptors (Lipinski definition) is 11. The van der Waals surface area contributed by atoms with E-state index < -0.39 is 6.04 Å². The van der Waals surface area contributed by atoms with Gasteiger partial charge in [-0.25, -0.2) is 9.97 Å². The van der Waals surface area contributed by atoms with Crippen molar-refractivity contribution in [2.75, 3.05) is 81.8 Å². The predicted octanol–water partition coefficient (Wildman–Crippen LogP) is 4.58. The van der Waals surface area contributed by atoms with Gasteiger partial charge in [-0.3, -0.25) is 24.4 Å². The van der Waals surface area contributed by atoms with Gasteiger partial charge in [0.05, 0.1) is 22.3 Å². The number of piperidine rings is 3. The maximum atomic E-state index is 13.4. The van der Waals surface area contributed by atoms with Gasteiger partial charge in [-0.2, -0.15) is 5.10 Å². The summed E-state index contributed by atoms with van der Waals surface area (Å²) in [7, 11) is 0. The first kappa shape index (κ1) is 37.2. The van der Waals surface area contributed by atoms with E-state index in [4.69, 9.17) is 4.74 Å². The van der Waals surface area contributed by atoms with E-state index >= 15 is 0 Å². The third-order valence-electron chi connectivity index (χ3n) is 13.6. The molecule has 4 saturated heterocycles. The molecule has 2 aromatic carbocycles. The van der Waals surface area contributed by atoms with Crippen LogP contribution in [0.15, 0.2) is 48.8 Å². The standard InChI is InChI=1S/C44H54N10O4/c1-44(12-13-44)58-32-5-7-36-35(24-32)40(49-48-36)37-25-39(47-28-46-37)53-17-10-30(11-18-53)27-51-21-19-50(20-22-51)26-29-8-15-52(16-9-29)31-4-6-33-34(23-31)43(57)54(42(33)56)38-3-2-14-45-41(38)55/h4-7,23-25,28-30,38H,2-3,8-22,26-27H2,1H3,(H,45,55)(H,48,49). The van der Waals surface area contributed by atoms with Crippen LogP contribution in [0.1, 0.15) is 79.0 Å². The lowest BCUT2D eigenvalue weighted by Crippen LogP contribution is -2.52. The van der Waals surface area contributed by atoms with Crippen molar-refractivity contribution in [2.45, 2.75) is 69.9 Å². The Labute approximate surface area is 339 Å². The monoisotopic (exact) mass is 786 g/mol. The largest absolute Gasteiger partial charge is 0.488 e. The summed E-state index contributed by atoms with van der Waals surface area (Å²) in [6.45, 7) is 13.4. The van der Waals surface area contributed by atoms with Crippen LogP contribution in [-0.4, -0.2) is 136 Å². The van der Waals surface area contributed by atoms with E-state index in [9.17, 15) is 14.4 Å². The summed E-state index contributed by atoms with van der Waals surface area (Å²) in [5, 5.41) is 11.6. The van der Waals surface area contributed by atoms with Gasteiger partial charge in [0, 0.05) is 89.1 Å². The second-order valence-corrected chi connectivity index (χ2v) is 17.7. The molecule has 5 fully saturated rings. The van der Waals surface area contributed by atoms with Crippen molar-refractivity contribution in [1.82, 2.24) is 40.2 Å². The Morgan fingerprint density at radius 1 is 0.759 bits per heavy atom. The Bertz CT molecular complexity index is 2200. The lowest BCUT2D eigenvalue weighted by atomic mass is 9.94. The number of aromatic amines is 1. The van der Waals surface area contributed by atoms with Crippen LogP contribution >= 0.6 is 0 Å². The minimum Gasteiger partial charge on any atom is -0.488 e. The van der Waals surface area contributed by atoms with Gasteiger partial charge in [-0.15, -0.1) is 0 Å².